The first-order valence-corrected chi connectivity index (χ1v) is 8.59. The van der Waals surface area contributed by atoms with E-state index in [0.717, 1.165) is 23.8 Å². The van der Waals surface area contributed by atoms with Crippen molar-refractivity contribution in [1.82, 2.24) is 4.90 Å². The summed E-state index contributed by atoms with van der Waals surface area (Å²) in [4.78, 5) is 12.9. The molecule has 1 aliphatic heterocycles. The molecule has 150 valence electrons. The van der Waals surface area contributed by atoms with Gasteiger partial charge in [-0.15, -0.1) is 0 Å². The minimum Gasteiger partial charge on any atom is -0.497 e. The number of methoxy groups -OCH3 is 2. The smallest absolute Gasteiger partial charge is 0.387 e. The van der Waals surface area contributed by atoms with E-state index in [4.69, 9.17) is 9.47 Å². The van der Waals surface area contributed by atoms with Crippen LogP contribution >= 0.6 is 0 Å². The molecule has 0 amide bonds. The summed E-state index contributed by atoms with van der Waals surface area (Å²) in [6.07, 6.45) is 0.802. The molecule has 1 aliphatic rings. The first-order chi connectivity index (χ1) is 13.4. The van der Waals surface area contributed by atoms with Crippen LogP contribution < -0.4 is 14.2 Å². The molecular formula is C19H20F2N2O5. The molecule has 28 heavy (non-hydrogen) atoms. The summed E-state index contributed by atoms with van der Waals surface area (Å²) in [6, 6.07) is 8.26. The van der Waals surface area contributed by atoms with Crippen molar-refractivity contribution in [2.75, 3.05) is 20.8 Å². The third-order valence-electron chi connectivity index (χ3n) is 4.68. The minimum absolute atomic E-state index is 0.0278. The third-order valence-corrected chi connectivity index (χ3v) is 4.68. The molecule has 9 heteroatoms. The SMILES string of the molecule is COc1ccc2c(c1)CN(Cc1cc(OC)c(OC(F)F)cc1[N+](=O)[O-])CC2. The van der Waals surface area contributed by atoms with Crippen LogP contribution in [0.5, 0.6) is 17.2 Å². The summed E-state index contributed by atoms with van der Waals surface area (Å²) in [5, 5.41) is 11.5. The van der Waals surface area contributed by atoms with Crippen molar-refractivity contribution in [3.63, 3.8) is 0 Å². The van der Waals surface area contributed by atoms with Gasteiger partial charge in [-0.25, -0.2) is 0 Å². The van der Waals surface area contributed by atoms with E-state index in [1.54, 1.807) is 7.11 Å². The molecule has 0 fully saturated rings. The van der Waals surface area contributed by atoms with Gasteiger partial charge in [0, 0.05) is 25.2 Å². The molecule has 0 unspecified atom stereocenters. The minimum atomic E-state index is -3.10. The van der Waals surface area contributed by atoms with E-state index < -0.39 is 11.5 Å². The van der Waals surface area contributed by atoms with Gasteiger partial charge in [0.1, 0.15) is 5.75 Å². The predicted octanol–water partition coefficient (Wildman–Crippen LogP) is 3.77. The summed E-state index contributed by atoms with van der Waals surface area (Å²) >= 11 is 0. The molecular weight excluding hydrogens is 374 g/mol. The van der Waals surface area contributed by atoms with E-state index in [0.29, 0.717) is 18.7 Å². The maximum Gasteiger partial charge on any atom is 0.387 e. The van der Waals surface area contributed by atoms with Gasteiger partial charge in [-0.1, -0.05) is 6.07 Å². The molecule has 1 heterocycles. The Kier molecular flexibility index (Phi) is 5.93. The lowest BCUT2D eigenvalue weighted by atomic mass is 9.98. The number of rotatable bonds is 7. The van der Waals surface area contributed by atoms with Gasteiger partial charge in [0.05, 0.1) is 25.2 Å². The Morgan fingerprint density at radius 1 is 1.14 bits per heavy atom. The first kappa shape index (κ1) is 19.8. The fraction of sp³-hybridized carbons (Fsp3) is 0.368. The van der Waals surface area contributed by atoms with Gasteiger partial charge in [0.2, 0.25) is 0 Å². The van der Waals surface area contributed by atoms with Gasteiger partial charge in [0.25, 0.3) is 5.69 Å². The number of ether oxygens (including phenoxy) is 3. The van der Waals surface area contributed by atoms with Crippen LogP contribution in [0.3, 0.4) is 0 Å². The highest BCUT2D eigenvalue weighted by Gasteiger charge is 2.25. The van der Waals surface area contributed by atoms with E-state index in [1.165, 1.54) is 18.7 Å². The molecule has 7 nitrogen and oxygen atoms in total. The molecule has 2 aromatic carbocycles. The van der Waals surface area contributed by atoms with Gasteiger partial charge in [-0.2, -0.15) is 8.78 Å². The Balaban J connectivity index is 1.87. The second-order valence-electron chi connectivity index (χ2n) is 6.36. The van der Waals surface area contributed by atoms with Crippen molar-refractivity contribution in [3.8, 4) is 17.2 Å². The van der Waals surface area contributed by atoms with Crippen LogP contribution in [0.2, 0.25) is 0 Å². The fourth-order valence-corrected chi connectivity index (χ4v) is 3.33. The Bertz CT molecular complexity index is 876. The first-order valence-electron chi connectivity index (χ1n) is 8.59. The summed E-state index contributed by atoms with van der Waals surface area (Å²) in [5.41, 5.74) is 2.39. The lowest BCUT2D eigenvalue weighted by molar-refractivity contribution is -0.385. The van der Waals surface area contributed by atoms with Crippen molar-refractivity contribution in [2.45, 2.75) is 26.1 Å². The van der Waals surface area contributed by atoms with Gasteiger partial charge in [-0.05, 0) is 35.7 Å². The van der Waals surface area contributed by atoms with Crippen molar-refractivity contribution in [2.24, 2.45) is 0 Å². The quantitative estimate of drug-likeness (QED) is 0.526. The summed E-state index contributed by atoms with van der Waals surface area (Å²) in [6.45, 7) is -1.51. The zero-order valence-corrected chi connectivity index (χ0v) is 15.5. The van der Waals surface area contributed by atoms with Gasteiger partial charge in [0.15, 0.2) is 11.5 Å². The standard InChI is InChI=1S/C19H20F2N2O5/c1-26-15-4-3-12-5-6-22(10-13(12)7-15)11-14-8-17(27-2)18(28-19(20)21)9-16(14)23(24)25/h3-4,7-9,19H,5-6,10-11H2,1-2H3. The molecule has 2 aromatic rings. The maximum atomic E-state index is 12.6. The van der Waals surface area contributed by atoms with Gasteiger partial charge < -0.3 is 14.2 Å². The van der Waals surface area contributed by atoms with E-state index in [9.17, 15) is 18.9 Å². The Labute approximate surface area is 160 Å². The fourth-order valence-electron chi connectivity index (χ4n) is 3.33. The molecule has 0 saturated carbocycles. The number of benzene rings is 2. The number of alkyl halides is 2. The molecule has 0 radical (unpaired) electrons. The largest absolute Gasteiger partial charge is 0.497 e. The van der Waals surface area contributed by atoms with Crippen LogP contribution in [0.4, 0.5) is 14.5 Å². The lowest BCUT2D eigenvalue weighted by Gasteiger charge is -2.29. The number of hydrogen-bond acceptors (Lipinski definition) is 6. The molecule has 0 saturated heterocycles. The summed E-state index contributed by atoms with van der Waals surface area (Å²) in [5.74, 6) is 0.420. The summed E-state index contributed by atoms with van der Waals surface area (Å²) < 4.78 is 39.9. The molecule has 0 spiro atoms. The van der Waals surface area contributed by atoms with Crippen LogP contribution in [-0.4, -0.2) is 37.2 Å². The van der Waals surface area contributed by atoms with Crippen LogP contribution in [0.1, 0.15) is 16.7 Å². The average Bonchev–Trinajstić information content (AvgIpc) is 2.67. The van der Waals surface area contributed by atoms with Crippen molar-refractivity contribution in [3.05, 3.63) is 57.1 Å². The zero-order valence-electron chi connectivity index (χ0n) is 15.5. The van der Waals surface area contributed by atoms with Crippen LogP contribution in [0, 0.1) is 10.1 Å². The number of nitrogens with zero attached hydrogens (tertiary/aromatic N) is 2. The highest BCUT2D eigenvalue weighted by atomic mass is 19.3. The maximum absolute atomic E-state index is 12.6. The van der Waals surface area contributed by atoms with E-state index in [1.807, 2.05) is 18.2 Å². The van der Waals surface area contributed by atoms with Crippen LogP contribution in [-0.2, 0) is 19.5 Å². The second kappa shape index (κ2) is 8.39. The number of nitro groups is 1. The molecule has 0 bridgehead atoms. The van der Waals surface area contributed by atoms with Gasteiger partial charge >= 0.3 is 6.61 Å². The normalized spacial score (nSPS) is 13.9. The highest BCUT2D eigenvalue weighted by molar-refractivity contribution is 5.54. The van der Waals surface area contributed by atoms with Crippen LogP contribution in [0.15, 0.2) is 30.3 Å². The molecule has 0 N–H and O–H groups in total. The highest BCUT2D eigenvalue weighted by Crippen LogP contribution is 2.37. The average molecular weight is 394 g/mol. The van der Waals surface area contributed by atoms with E-state index in [2.05, 4.69) is 9.64 Å². The van der Waals surface area contributed by atoms with Crippen molar-refractivity contribution in [1.29, 1.82) is 0 Å². The number of nitro benzene ring substituents is 1. The molecule has 0 aliphatic carbocycles. The molecule has 3 rings (SSSR count). The molecule has 0 atom stereocenters. The monoisotopic (exact) mass is 394 g/mol. The zero-order chi connectivity index (χ0) is 20.3. The topological polar surface area (TPSA) is 74.1 Å². The third kappa shape index (κ3) is 4.30. The Morgan fingerprint density at radius 3 is 2.57 bits per heavy atom. The predicted molar refractivity (Wildman–Crippen MR) is 97.1 cm³/mol. The van der Waals surface area contributed by atoms with E-state index >= 15 is 0 Å². The van der Waals surface area contributed by atoms with Crippen molar-refractivity contribution < 1.29 is 27.9 Å². The summed E-state index contributed by atoms with van der Waals surface area (Å²) in [7, 11) is 2.90. The second-order valence-corrected chi connectivity index (χ2v) is 6.36. The Morgan fingerprint density at radius 2 is 1.93 bits per heavy atom. The van der Waals surface area contributed by atoms with E-state index in [-0.39, 0.29) is 23.7 Å². The number of halogens is 2. The lowest BCUT2D eigenvalue weighted by Crippen LogP contribution is -2.30. The molecule has 0 aromatic heterocycles. The van der Waals surface area contributed by atoms with Crippen molar-refractivity contribution >= 4 is 5.69 Å². The number of hydrogen-bond donors (Lipinski definition) is 0. The number of fused-ring (bicyclic) bond motifs is 1. The Hall–Kier alpha value is -2.94. The van der Waals surface area contributed by atoms with Gasteiger partial charge in [-0.3, -0.25) is 15.0 Å². The van der Waals surface area contributed by atoms with Crippen LogP contribution in [0.25, 0.3) is 0 Å².